The van der Waals surface area contributed by atoms with Crippen molar-refractivity contribution in [3.63, 3.8) is 0 Å². The Morgan fingerprint density at radius 3 is 2.13 bits per heavy atom. The summed E-state index contributed by atoms with van der Waals surface area (Å²) in [4.78, 5) is 25.0. The van der Waals surface area contributed by atoms with E-state index in [0.29, 0.717) is 23.5 Å². The van der Waals surface area contributed by atoms with Crippen LogP contribution in [-0.2, 0) is 16.0 Å². The first-order valence-electron chi connectivity index (χ1n) is 10.6. The molecule has 0 aliphatic carbocycles. The number of carbonyl (C=O) groups is 2. The highest BCUT2D eigenvalue weighted by Gasteiger charge is 2.18. The first kappa shape index (κ1) is 24.3. The van der Waals surface area contributed by atoms with Crippen LogP contribution in [0.4, 0.5) is 0 Å². The summed E-state index contributed by atoms with van der Waals surface area (Å²) in [7, 11) is 0. The van der Waals surface area contributed by atoms with Crippen LogP contribution in [0.3, 0.4) is 0 Å². The van der Waals surface area contributed by atoms with Crippen molar-refractivity contribution in [1.82, 2.24) is 0 Å². The van der Waals surface area contributed by atoms with Crippen LogP contribution in [0, 0.1) is 0 Å². The quantitative estimate of drug-likeness (QED) is 0.420. The lowest BCUT2D eigenvalue weighted by Crippen LogP contribution is -2.13. The first-order chi connectivity index (χ1) is 14.6. The van der Waals surface area contributed by atoms with Crippen LogP contribution in [0.25, 0.3) is 0 Å². The topological polar surface area (TPSA) is 82.1 Å². The smallest absolute Gasteiger partial charge is 0.306 e. The number of phenols is 1. The SMILES string of the molecule is CC(C)OC(=O)CCc1cc(C(=O)c2ccc(OC(C)C)cc2O)ccc1OC(C)C. The van der Waals surface area contributed by atoms with E-state index in [4.69, 9.17) is 14.2 Å². The molecular formula is C25H32O6. The molecule has 0 saturated heterocycles. The number of aromatic hydroxyl groups is 1. The number of phenolic OH excluding ortho intramolecular Hbond substituents is 1. The Morgan fingerprint density at radius 2 is 1.55 bits per heavy atom. The van der Waals surface area contributed by atoms with Crippen molar-refractivity contribution in [3.05, 3.63) is 53.1 Å². The van der Waals surface area contributed by atoms with Crippen molar-refractivity contribution in [2.75, 3.05) is 0 Å². The molecule has 0 amide bonds. The maximum absolute atomic E-state index is 13.0. The molecule has 0 heterocycles. The summed E-state index contributed by atoms with van der Waals surface area (Å²) in [5.41, 5.74) is 1.31. The van der Waals surface area contributed by atoms with Gasteiger partial charge in [-0.3, -0.25) is 9.59 Å². The molecule has 0 aromatic heterocycles. The highest BCUT2D eigenvalue weighted by atomic mass is 16.5. The van der Waals surface area contributed by atoms with E-state index in [-0.39, 0.29) is 47.8 Å². The van der Waals surface area contributed by atoms with Gasteiger partial charge in [0.15, 0.2) is 5.78 Å². The van der Waals surface area contributed by atoms with E-state index in [2.05, 4.69) is 0 Å². The minimum atomic E-state index is -0.323. The number of rotatable bonds is 10. The monoisotopic (exact) mass is 428 g/mol. The Hall–Kier alpha value is -3.02. The van der Waals surface area contributed by atoms with Gasteiger partial charge in [-0.15, -0.1) is 0 Å². The molecule has 0 aliphatic rings. The number of hydrogen-bond donors (Lipinski definition) is 1. The van der Waals surface area contributed by atoms with E-state index in [1.54, 1.807) is 44.2 Å². The Balaban J connectivity index is 2.29. The van der Waals surface area contributed by atoms with Gasteiger partial charge >= 0.3 is 5.97 Å². The lowest BCUT2D eigenvalue weighted by atomic mass is 9.98. The third-order valence-electron chi connectivity index (χ3n) is 4.24. The van der Waals surface area contributed by atoms with E-state index in [1.165, 1.54) is 6.07 Å². The standard InChI is InChI=1S/C25H32O6/c1-15(2)29-20-9-10-21(22(26)14-20)25(28)19-7-11-23(30-16(3)4)18(13-19)8-12-24(27)31-17(5)6/h7,9-11,13-17,26H,8,12H2,1-6H3. The second-order valence-corrected chi connectivity index (χ2v) is 8.20. The molecule has 31 heavy (non-hydrogen) atoms. The minimum Gasteiger partial charge on any atom is -0.507 e. The fourth-order valence-corrected chi connectivity index (χ4v) is 3.05. The first-order valence-corrected chi connectivity index (χ1v) is 10.6. The fraction of sp³-hybridized carbons (Fsp3) is 0.440. The van der Waals surface area contributed by atoms with Crippen molar-refractivity contribution >= 4 is 11.8 Å². The molecule has 0 radical (unpaired) electrons. The second kappa shape index (κ2) is 10.8. The maximum Gasteiger partial charge on any atom is 0.306 e. The summed E-state index contributed by atoms with van der Waals surface area (Å²) in [5.74, 6) is 0.340. The van der Waals surface area contributed by atoms with Crippen molar-refractivity contribution in [3.8, 4) is 17.2 Å². The Labute approximate surface area is 184 Å². The van der Waals surface area contributed by atoms with Crippen LogP contribution >= 0.6 is 0 Å². The average Bonchev–Trinajstić information content (AvgIpc) is 2.65. The van der Waals surface area contributed by atoms with Gasteiger partial charge in [-0.2, -0.15) is 0 Å². The zero-order chi connectivity index (χ0) is 23.1. The highest BCUT2D eigenvalue weighted by molar-refractivity contribution is 6.11. The van der Waals surface area contributed by atoms with Crippen LogP contribution in [0.5, 0.6) is 17.2 Å². The van der Waals surface area contributed by atoms with Gasteiger partial charge in [0, 0.05) is 18.1 Å². The Kier molecular flexibility index (Phi) is 8.48. The normalized spacial score (nSPS) is 11.1. The average molecular weight is 429 g/mol. The Morgan fingerprint density at radius 1 is 0.871 bits per heavy atom. The number of benzene rings is 2. The molecule has 2 aromatic carbocycles. The van der Waals surface area contributed by atoms with Crippen LogP contribution in [-0.4, -0.2) is 35.2 Å². The van der Waals surface area contributed by atoms with Crippen molar-refractivity contribution in [2.45, 2.75) is 72.7 Å². The maximum atomic E-state index is 13.0. The van der Waals surface area contributed by atoms with E-state index in [0.717, 1.165) is 5.56 Å². The van der Waals surface area contributed by atoms with Gasteiger partial charge in [0.2, 0.25) is 0 Å². The number of aryl methyl sites for hydroxylation is 1. The molecule has 6 heteroatoms. The van der Waals surface area contributed by atoms with Crippen LogP contribution in [0.1, 0.15) is 69.4 Å². The molecule has 2 rings (SSSR count). The number of carbonyl (C=O) groups excluding carboxylic acids is 2. The highest BCUT2D eigenvalue weighted by Crippen LogP contribution is 2.29. The van der Waals surface area contributed by atoms with Gasteiger partial charge in [0.25, 0.3) is 0 Å². The number of ketones is 1. The van der Waals surface area contributed by atoms with Crippen molar-refractivity contribution in [2.24, 2.45) is 0 Å². The molecule has 0 bridgehead atoms. The lowest BCUT2D eigenvalue weighted by molar-refractivity contribution is -0.147. The van der Waals surface area contributed by atoms with E-state index < -0.39 is 0 Å². The molecule has 0 fully saturated rings. The fourth-order valence-electron chi connectivity index (χ4n) is 3.05. The molecule has 2 aromatic rings. The lowest BCUT2D eigenvalue weighted by Gasteiger charge is -2.16. The van der Waals surface area contributed by atoms with Crippen LogP contribution in [0.2, 0.25) is 0 Å². The van der Waals surface area contributed by atoms with E-state index in [1.807, 2.05) is 27.7 Å². The van der Waals surface area contributed by atoms with Gasteiger partial charge in [-0.1, -0.05) is 0 Å². The molecule has 0 atom stereocenters. The molecule has 0 saturated carbocycles. The zero-order valence-corrected chi connectivity index (χ0v) is 19.1. The third kappa shape index (κ3) is 7.31. The van der Waals surface area contributed by atoms with Gasteiger partial charge in [-0.05, 0) is 83.9 Å². The van der Waals surface area contributed by atoms with Gasteiger partial charge < -0.3 is 19.3 Å². The summed E-state index contributed by atoms with van der Waals surface area (Å²) in [5, 5.41) is 10.4. The van der Waals surface area contributed by atoms with Gasteiger partial charge in [-0.25, -0.2) is 0 Å². The van der Waals surface area contributed by atoms with Crippen LogP contribution in [0.15, 0.2) is 36.4 Å². The van der Waals surface area contributed by atoms with Crippen molar-refractivity contribution in [1.29, 1.82) is 0 Å². The number of esters is 1. The molecule has 1 N–H and O–H groups in total. The third-order valence-corrected chi connectivity index (χ3v) is 4.24. The predicted octanol–water partition coefficient (Wildman–Crippen LogP) is 5.08. The summed E-state index contributed by atoms with van der Waals surface area (Å²) in [6.07, 6.45) is 0.274. The minimum absolute atomic E-state index is 0.0422. The summed E-state index contributed by atoms with van der Waals surface area (Å²) < 4.78 is 16.6. The zero-order valence-electron chi connectivity index (χ0n) is 19.1. The summed E-state index contributed by atoms with van der Waals surface area (Å²) >= 11 is 0. The molecular weight excluding hydrogens is 396 g/mol. The molecule has 0 unspecified atom stereocenters. The van der Waals surface area contributed by atoms with E-state index in [9.17, 15) is 14.7 Å². The van der Waals surface area contributed by atoms with E-state index >= 15 is 0 Å². The summed E-state index contributed by atoms with van der Waals surface area (Å²) in [6, 6.07) is 9.74. The van der Waals surface area contributed by atoms with Crippen molar-refractivity contribution < 1.29 is 28.9 Å². The molecule has 6 nitrogen and oxygen atoms in total. The largest absolute Gasteiger partial charge is 0.507 e. The molecule has 0 aliphatic heterocycles. The predicted molar refractivity (Wildman–Crippen MR) is 119 cm³/mol. The number of hydrogen-bond acceptors (Lipinski definition) is 6. The van der Waals surface area contributed by atoms with Gasteiger partial charge in [0.1, 0.15) is 17.2 Å². The molecule has 168 valence electrons. The molecule has 0 spiro atoms. The second-order valence-electron chi connectivity index (χ2n) is 8.20. The summed E-state index contributed by atoms with van der Waals surface area (Å²) in [6.45, 7) is 11.2. The van der Waals surface area contributed by atoms with Crippen LogP contribution < -0.4 is 9.47 Å². The van der Waals surface area contributed by atoms with Gasteiger partial charge in [0.05, 0.1) is 23.9 Å². The Bertz CT molecular complexity index is 914. The number of ether oxygens (including phenoxy) is 3.